The van der Waals surface area contributed by atoms with Crippen molar-refractivity contribution in [3.05, 3.63) is 12.3 Å². The van der Waals surface area contributed by atoms with Gasteiger partial charge in [-0.15, -0.1) is 0 Å². The van der Waals surface area contributed by atoms with Crippen LogP contribution in [0.5, 0.6) is 0 Å². The molecule has 0 aliphatic carbocycles. The molecule has 0 atom stereocenters. The molecule has 0 aliphatic heterocycles. The molecule has 0 bridgehead atoms. The van der Waals surface area contributed by atoms with E-state index < -0.39 is 16.1 Å². The van der Waals surface area contributed by atoms with Gasteiger partial charge in [-0.05, 0) is 18.9 Å². The maximum Gasteiger partial charge on any atom is 0.307 e. The normalized spacial score (nSPS) is 11.8. The van der Waals surface area contributed by atoms with Crippen molar-refractivity contribution < 1.29 is 22.5 Å². The Morgan fingerprint density at radius 1 is 1.54 bits per heavy atom. The first kappa shape index (κ1) is 12.1. The van der Waals surface area contributed by atoms with Crippen LogP contribution in [0.2, 0.25) is 0 Å². The van der Waals surface area contributed by atoms with Gasteiger partial charge in [-0.1, -0.05) is 0 Å². The molecule has 6 heteroatoms. The van der Waals surface area contributed by atoms with Crippen LogP contribution < -0.4 is 0 Å². The van der Waals surface area contributed by atoms with Gasteiger partial charge < -0.3 is 4.74 Å². The van der Waals surface area contributed by atoms with E-state index in [9.17, 15) is 13.2 Å². The summed E-state index contributed by atoms with van der Waals surface area (Å²) in [6.45, 7) is 1.27. The molecular formula is C7H12O5S. The molecule has 0 amide bonds. The van der Waals surface area contributed by atoms with Crippen LogP contribution in [0.25, 0.3) is 0 Å². The van der Waals surface area contributed by atoms with Gasteiger partial charge in [0.25, 0.3) is 10.1 Å². The van der Waals surface area contributed by atoms with Gasteiger partial charge in [-0.25, -0.2) is 0 Å². The van der Waals surface area contributed by atoms with Gasteiger partial charge in [0.15, 0.2) is 0 Å². The van der Waals surface area contributed by atoms with Crippen molar-refractivity contribution in [3.63, 3.8) is 0 Å². The SMILES string of the molecule is CC(=O)OC=CCCCS(=O)(=O)O. The van der Waals surface area contributed by atoms with E-state index in [0.29, 0.717) is 12.8 Å². The van der Waals surface area contributed by atoms with Crippen LogP contribution in [0.15, 0.2) is 12.3 Å². The number of carbonyl (C=O) groups is 1. The van der Waals surface area contributed by atoms with Gasteiger partial charge in [0, 0.05) is 6.92 Å². The fourth-order valence-electron chi connectivity index (χ4n) is 0.596. The molecule has 0 aliphatic rings. The summed E-state index contributed by atoms with van der Waals surface area (Å²) in [5.74, 6) is -0.705. The highest BCUT2D eigenvalue weighted by Crippen LogP contribution is 1.95. The fraction of sp³-hybridized carbons (Fsp3) is 0.571. The van der Waals surface area contributed by atoms with E-state index >= 15 is 0 Å². The van der Waals surface area contributed by atoms with Gasteiger partial charge in [0.1, 0.15) is 0 Å². The van der Waals surface area contributed by atoms with Crippen LogP contribution in [-0.4, -0.2) is 24.7 Å². The van der Waals surface area contributed by atoms with E-state index in [4.69, 9.17) is 4.55 Å². The van der Waals surface area contributed by atoms with Gasteiger partial charge >= 0.3 is 5.97 Å². The molecule has 0 saturated carbocycles. The molecule has 0 spiro atoms. The van der Waals surface area contributed by atoms with Gasteiger partial charge in [0.2, 0.25) is 0 Å². The zero-order chi connectivity index (χ0) is 10.3. The quantitative estimate of drug-likeness (QED) is 0.312. The Labute approximate surface area is 77.1 Å². The Morgan fingerprint density at radius 2 is 2.15 bits per heavy atom. The number of ether oxygens (including phenoxy) is 1. The molecule has 0 unspecified atom stereocenters. The second-order valence-electron chi connectivity index (χ2n) is 2.41. The number of allylic oxidation sites excluding steroid dienone is 1. The minimum atomic E-state index is -3.87. The fourth-order valence-corrected chi connectivity index (χ4v) is 1.13. The third kappa shape index (κ3) is 11.1. The summed E-state index contributed by atoms with van der Waals surface area (Å²) in [6.07, 6.45) is 3.46. The number of unbranched alkanes of at least 4 members (excludes halogenated alkanes) is 1. The molecule has 0 aromatic rings. The first-order valence-electron chi connectivity index (χ1n) is 3.69. The van der Waals surface area contributed by atoms with Gasteiger partial charge in [-0.2, -0.15) is 8.42 Å². The van der Waals surface area contributed by atoms with Crippen molar-refractivity contribution in [3.8, 4) is 0 Å². The van der Waals surface area contributed by atoms with Crippen molar-refractivity contribution in [2.24, 2.45) is 0 Å². The van der Waals surface area contributed by atoms with Gasteiger partial charge in [-0.3, -0.25) is 9.35 Å². The highest BCUT2D eigenvalue weighted by Gasteiger charge is 2.01. The van der Waals surface area contributed by atoms with Crippen LogP contribution in [0.3, 0.4) is 0 Å². The summed E-state index contributed by atoms with van der Waals surface area (Å²) >= 11 is 0. The van der Waals surface area contributed by atoms with Crippen LogP contribution in [0, 0.1) is 0 Å². The van der Waals surface area contributed by atoms with Gasteiger partial charge in [0.05, 0.1) is 12.0 Å². The average Bonchev–Trinajstić information content (AvgIpc) is 1.93. The van der Waals surface area contributed by atoms with E-state index in [1.54, 1.807) is 0 Å². The highest BCUT2D eigenvalue weighted by molar-refractivity contribution is 7.85. The van der Waals surface area contributed by atoms with E-state index in [2.05, 4.69) is 4.74 Å². The molecule has 0 saturated heterocycles. The average molecular weight is 208 g/mol. The topological polar surface area (TPSA) is 80.7 Å². The number of rotatable bonds is 5. The number of carbonyl (C=O) groups excluding carboxylic acids is 1. The van der Waals surface area contributed by atoms with E-state index in [1.165, 1.54) is 19.3 Å². The molecular weight excluding hydrogens is 196 g/mol. The van der Waals surface area contributed by atoms with E-state index in [1.807, 2.05) is 0 Å². The van der Waals surface area contributed by atoms with Crippen LogP contribution >= 0.6 is 0 Å². The molecule has 5 nitrogen and oxygen atoms in total. The predicted octanol–water partition coefficient (Wildman–Crippen LogP) is 0.731. The van der Waals surface area contributed by atoms with Crippen molar-refractivity contribution >= 4 is 16.1 Å². The number of esters is 1. The van der Waals surface area contributed by atoms with Crippen LogP contribution in [-0.2, 0) is 19.6 Å². The minimum Gasteiger partial charge on any atom is -0.435 e. The maximum absolute atomic E-state index is 10.2. The van der Waals surface area contributed by atoms with Crippen LogP contribution in [0.1, 0.15) is 19.8 Å². The maximum atomic E-state index is 10.2. The smallest absolute Gasteiger partial charge is 0.307 e. The second kappa shape index (κ2) is 5.71. The molecule has 0 aromatic carbocycles. The minimum absolute atomic E-state index is 0.280. The Balaban J connectivity index is 3.47. The first-order valence-corrected chi connectivity index (χ1v) is 5.30. The summed E-state index contributed by atoms with van der Waals surface area (Å²) in [5, 5.41) is 0. The standard InChI is InChI=1S/C7H12O5S/c1-7(8)12-5-3-2-4-6-13(9,10)11/h3,5H,2,4,6H2,1H3,(H,9,10,11). The molecule has 0 rings (SSSR count). The first-order chi connectivity index (χ1) is 5.92. The molecule has 76 valence electrons. The van der Waals surface area contributed by atoms with Crippen LogP contribution in [0.4, 0.5) is 0 Å². The molecule has 1 N–H and O–H groups in total. The van der Waals surface area contributed by atoms with E-state index in [-0.39, 0.29) is 5.75 Å². The second-order valence-corrected chi connectivity index (χ2v) is 3.98. The number of hydrogen-bond acceptors (Lipinski definition) is 4. The zero-order valence-electron chi connectivity index (χ0n) is 7.26. The summed E-state index contributed by atoms with van der Waals surface area (Å²) in [5.41, 5.74) is 0. The Morgan fingerprint density at radius 3 is 2.62 bits per heavy atom. The monoisotopic (exact) mass is 208 g/mol. The summed E-state index contributed by atoms with van der Waals surface area (Å²) in [4.78, 5) is 10.2. The molecule has 0 heterocycles. The van der Waals surface area contributed by atoms with Crippen molar-refractivity contribution in [1.29, 1.82) is 0 Å². The van der Waals surface area contributed by atoms with Crippen molar-refractivity contribution in [2.75, 3.05) is 5.75 Å². The third-order valence-corrected chi connectivity index (χ3v) is 1.91. The highest BCUT2D eigenvalue weighted by atomic mass is 32.2. The Kier molecular flexibility index (Phi) is 5.33. The molecule has 0 aromatic heterocycles. The lowest BCUT2D eigenvalue weighted by Crippen LogP contribution is -2.02. The lowest BCUT2D eigenvalue weighted by Gasteiger charge is -1.93. The summed E-state index contributed by atoms with van der Waals surface area (Å²) in [7, 11) is -3.87. The molecule has 0 fully saturated rings. The zero-order valence-corrected chi connectivity index (χ0v) is 8.08. The summed E-state index contributed by atoms with van der Waals surface area (Å²) in [6, 6.07) is 0. The number of hydrogen-bond donors (Lipinski definition) is 1. The lowest BCUT2D eigenvalue weighted by atomic mass is 10.3. The van der Waals surface area contributed by atoms with Crippen molar-refractivity contribution in [2.45, 2.75) is 19.8 Å². The third-order valence-electron chi connectivity index (χ3n) is 1.10. The lowest BCUT2D eigenvalue weighted by molar-refractivity contribution is -0.135. The van der Waals surface area contributed by atoms with Crippen molar-refractivity contribution in [1.82, 2.24) is 0 Å². The Bertz CT molecular complexity index is 277. The largest absolute Gasteiger partial charge is 0.435 e. The predicted molar refractivity (Wildman–Crippen MR) is 46.6 cm³/mol. The Hall–Kier alpha value is -0.880. The molecule has 0 radical (unpaired) electrons. The summed E-state index contributed by atoms with van der Waals surface area (Å²) < 4.78 is 33.2. The van der Waals surface area contributed by atoms with E-state index in [0.717, 1.165) is 0 Å². The molecule has 13 heavy (non-hydrogen) atoms.